The zero-order valence-electron chi connectivity index (χ0n) is 11.2. The molecule has 0 radical (unpaired) electrons. The van der Waals surface area contributed by atoms with E-state index >= 15 is 0 Å². The molecule has 0 saturated heterocycles. The molecule has 0 fully saturated rings. The van der Waals surface area contributed by atoms with Crippen molar-refractivity contribution < 1.29 is 13.2 Å². The van der Waals surface area contributed by atoms with E-state index in [9.17, 15) is 13.2 Å². The molecule has 106 valence electrons. The Morgan fingerprint density at radius 1 is 1.21 bits per heavy atom. The fourth-order valence-corrected chi connectivity index (χ4v) is 2.08. The third-order valence-electron chi connectivity index (χ3n) is 2.76. The number of carbonyl (C=O) groups is 1. The molecule has 6 nitrogen and oxygen atoms in total. The highest BCUT2D eigenvalue weighted by Crippen LogP contribution is 2.09. The Morgan fingerprint density at radius 3 is 2.26 bits per heavy atom. The number of rotatable bonds is 6. The molecule has 1 unspecified atom stereocenters. The molecule has 0 bridgehead atoms. The Balaban J connectivity index is 2.74. The van der Waals surface area contributed by atoms with Gasteiger partial charge in [-0.25, -0.2) is 13.1 Å². The summed E-state index contributed by atoms with van der Waals surface area (Å²) in [5, 5.41) is 5.76. The van der Waals surface area contributed by atoms with Crippen molar-refractivity contribution >= 4 is 15.9 Å². The highest BCUT2D eigenvalue weighted by atomic mass is 32.2. The molecule has 1 atom stereocenters. The number of benzene rings is 1. The van der Waals surface area contributed by atoms with Gasteiger partial charge in [-0.1, -0.05) is 0 Å². The molecule has 1 amide bonds. The summed E-state index contributed by atoms with van der Waals surface area (Å²) in [5.74, 6) is -0.226. The van der Waals surface area contributed by atoms with Crippen molar-refractivity contribution in [3.05, 3.63) is 29.8 Å². The summed E-state index contributed by atoms with van der Waals surface area (Å²) in [7, 11) is -0.306. The minimum Gasteiger partial charge on any atom is -0.350 e. The van der Waals surface area contributed by atoms with E-state index in [0.717, 1.165) is 0 Å². The molecule has 0 aromatic heterocycles. The summed E-state index contributed by atoms with van der Waals surface area (Å²) in [4.78, 5) is 11.9. The topological polar surface area (TPSA) is 87.3 Å². The van der Waals surface area contributed by atoms with Gasteiger partial charge in [-0.3, -0.25) is 4.79 Å². The third kappa shape index (κ3) is 4.30. The van der Waals surface area contributed by atoms with Crippen LogP contribution in [0.2, 0.25) is 0 Å². The van der Waals surface area contributed by atoms with Gasteiger partial charge in [0.25, 0.3) is 5.91 Å². The zero-order chi connectivity index (χ0) is 14.5. The monoisotopic (exact) mass is 285 g/mol. The quantitative estimate of drug-likeness (QED) is 0.683. The van der Waals surface area contributed by atoms with Crippen LogP contribution in [-0.2, 0) is 10.0 Å². The molecular formula is C12H19N3O3S. The lowest BCUT2D eigenvalue weighted by Crippen LogP contribution is -2.37. The first-order chi connectivity index (χ1) is 8.90. The molecule has 1 aromatic rings. The van der Waals surface area contributed by atoms with Crippen molar-refractivity contribution in [1.82, 2.24) is 15.4 Å². The van der Waals surface area contributed by atoms with Crippen molar-refractivity contribution in [2.24, 2.45) is 0 Å². The molecule has 19 heavy (non-hydrogen) atoms. The molecule has 0 spiro atoms. The summed E-state index contributed by atoms with van der Waals surface area (Å²) >= 11 is 0. The Morgan fingerprint density at radius 2 is 1.79 bits per heavy atom. The highest BCUT2D eigenvalue weighted by molar-refractivity contribution is 7.89. The van der Waals surface area contributed by atoms with E-state index in [0.29, 0.717) is 12.1 Å². The third-order valence-corrected chi connectivity index (χ3v) is 4.19. The molecular weight excluding hydrogens is 266 g/mol. The zero-order valence-corrected chi connectivity index (χ0v) is 12.0. The fourth-order valence-electron chi connectivity index (χ4n) is 1.35. The van der Waals surface area contributed by atoms with Crippen LogP contribution in [0, 0.1) is 0 Å². The molecule has 0 saturated carbocycles. The predicted octanol–water partition coefficient (Wildman–Crippen LogP) is -0.0676. The average molecular weight is 285 g/mol. The van der Waals surface area contributed by atoms with E-state index in [2.05, 4.69) is 15.4 Å². The highest BCUT2D eigenvalue weighted by Gasteiger charge is 2.12. The number of amides is 1. The maximum absolute atomic E-state index is 11.8. The van der Waals surface area contributed by atoms with Crippen molar-refractivity contribution in [3.63, 3.8) is 0 Å². The first-order valence-corrected chi connectivity index (χ1v) is 7.38. The number of hydrogen-bond donors (Lipinski definition) is 3. The second-order valence-corrected chi connectivity index (χ2v) is 6.02. The van der Waals surface area contributed by atoms with Crippen molar-refractivity contribution in [1.29, 1.82) is 0 Å². The normalized spacial score (nSPS) is 13.0. The standard InChI is InChI=1S/C12H19N3O3S/c1-9(13-2)8-15-12(16)10-4-6-11(7-5-10)19(17,18)14-3/h4-7,9,13-14H,8H2,1-3H3,(H,15,16). The van der Waals surface area contributed by atoms with E-state index in [4.69, 9.17) is 0 Å². The molecule has 0 aliphatic carbocycles. The Bertz CT molecular complexity index is 526. The van der Waals surface area contributed by atoms with Crippen LogP contribution < -0.4 is 15.4 Å². The summed E-state index contributed by atoms with van der Waals surface area (Å²) in [5.41, 5.74) is 0.429. The SMILES string of the molecule is CNC(C)CNC(=O)c1ccc(S(=O)(=O)NC)cc1. The smallest absolute Gasteiger partial charge is 0.251 e. The lowest BCUT2D eigenvalue weighted by atomic mass is 10.2. The lowest BCUT2D eigenvalue weighted by molar-refractivity contribution is 0.0950. The van der Waals surface area contributed by atoms with Crippen LogP contribution in [-0.4, -0.2) is 41.0 Å². The van der Waals surface area contributed by atoms with Crippen LogP contribution in [0.1, 0.15) is 17.3 Å². The van der Waals surface area contributed by atoms with Crippen molar-refractivity contribution in [2.45, 2.75) is 17.9 Å². The van der Waals surface area contributed by atoms with Crippen molar-refractivity contribution in [3.8, 4) is 0 Å². The number of sulfonamides is 1. The molecule has 3 N–H and O–H groups in total. The van der Waals surface area contributed by atoms with Gasteiger partial charge in [-0.05, 0) is 45.3 Å². The number of nitrogens with one attached hydrogen (secondary N) is 3. The van der Waals surface area contributed by atoms with Gasteiger partial charge >= 0.3 is 0 Å². The molecule has 0 aliphatic rings. The van der Waals surface area contributed by atoms with Crippen molar-refractivity contribution in [2.75, 3.05) is 20.6 Å². The largest absolute Gasteiger partial charge is 0.350 e. The number of carbonyl (C=O) groups excluding carboxylic acids is 1. The second-order valence-electron chi connectivity index (χ2n) is 4.13. The first kappa shape index (κ1) is 15.6. The van der Waals surface area contributed by atoms with Gasteiger partial charge in [0.15, 0.2) is 0 Å². The van der Waals surface area contributed by atoms with Gasteiger partial charge in [0.05, 0.1) is 4.90 Å². The number of hydrogen-bond acceptors (Lipinski definition) is 4. The first-order valence-electron chi connectivity index (χ1n) is 5.89. The van der Waals surface area contributed by atoms with Crippen LogP contribution in [0.4, 0.5) is 0 Å². The van der Waals surface area contributed by atoms with Crippen LogP contribution in [0.25, 0.3) is 0 Å². The minimum absolute atomic E-state index is 0.134. The van der Waals surface area contributed by atoms with E-state index in [1.165, 1.54) is 31.3 Å². The van der Waals surface area contributed by atoms with Crippen LogP contribution >= 0.6 is 0 Å². The minimum atomic E-state index is -3.46. The van der Waals surface area contributed by atoms with Gasteiger partial charge in [0, 0.05) is 18.2 Å². The molecule has 0 heterocycles. The maximum Gasteiger partial charge on any atom is 0.251 e. The van der Waals surface area contributed by atoms with Crippen LogP contribution in [0.3, 0.4) is 0 Å². The van der Waals surface area contributed by atoms with Gasteiger partial charge in [0.1, 0.15) is 0 Å². The summed E-state index contributed by atoms with van der Waals surface area (Å²) < 4.78 is 25.2. The number of likely N-dealkylation sites (N-methyl/N-ethyl adjacent to an activating group) is 1. The molecule has 7 heteroatoms. The van der Waals surface area contributed by atoms with E-state index in [-0.39, 0.29) is 16.8 Å². The van der Waals surface area contributed by atoms with Gasteiger partial charge < -0.3 is 10.6 Å². The van der Waals surface area contributed by atoms with Crippen LogP contribution in [0.5, 0.6) is 0 Å². The van der Waals surface area contributed by atoms with E-state index < -0.39 is 10.0 Å². The average Bonchev–Trinajstić information content (AvgIpc) is 2.44. The Kier molecular flexibility index (Phi) is 5.46. The summed E-state index contributed by atoms with van der Waals surface area (Å²) in [6, 6.07) is 5.96. The lowest BCUT2D eigenvalue weighted by Gasteiger charge is -2.11. The fraction of sp³-hybridized carbons (Fsp3) is 0.417. The van der Waals surface area contributed by atoms with Gasteiger partial charge in [-0.15, -0.1) is 0 Å². The van der Waals surface area contributed by atoms with Gasteiger partial charge in [0.2, 0.25) is 10.0 Å². The van der Waals surface area contributed by atoms with Gasteiger partial charge in [-0.2, -0.15) is 0 Å². The maximum atomic E-state index is 11.8. The second kappa shape index (κ2) is 6.65. The molecule has 1 rings (SSSR count). The summed E-state index contributed by atoms with van der Waals surface area (Å²) in [6.07, 6.45) is 0. The summed E-state index contributed by atoms with van der Waals surface area (Å²) in [6.45, 7) is 2.45. The Hall–Kier alpha value is -1.44. The molecule has 1 aromatic carbocycles. The Labute approximate surface area is 113 Å². The predicted molar refractivity (Wildman–Crippen MR) is 73.5 cm³/mol. The van der Waals surface area contributed by atoms with Crippen LogP contribution in [0.15, 0.2) is 29.2 Å². The van der Waals surface area contributed by atoms with E-state index in [1.807, 2.05) is 14.0 Å². The van der Waals surface area contributed by atoms with E-state index in [1.54, 1.807) is 0 Å². The molecule has 0 aliphatic heterocycles.